The Hall–Kier alpha value is -1.43. The lowest BCUT2D eigenvalue weighted by molar-refractivity contribution is 0.141. The minimum absolute atomic E-state index is 0.00981. The molecule has 0 spiro atoms. The van der Waals surface area contributed by atoms with Crippen molar-refractivity contribution in [1.29, 1.82) is 0 Å². The molecule has 0 amide bonds. The van der Waals surface area contributed by atoms with Crippen molar-refractivity contribution in [3.8, 4) is 5.75 Å². The third kappa shape index (κ3) is 1.67. The first-order valence-electron chi connectivity index (χ1n) is 3.43. The van der Waals surface area contributed by atoms with Gasteiger partial charge >= 0.3 is 0 Å². The highest BCUT2D eigenvalue weighted by Crippen LogP contribution is 2.31. The van der Waals surface area contributed by atoms with E-state index in [1.165, 1.54) is 0 Å². The molecule has 6 heteroatoms. The normalized spacial score (nSPS) is 10.8. The molecule has 0 atom stereocenters. The van der Waals surface area contributed by atoms with Crippen LogP contribution in [0, 0.1) is 0 Å². The smallest absolute Gasteiger partial charge is 0.284 e. The number of nitrogen functional groups attached to an aromatic ring is 1. The highest BCUT2D eigenvalue weighted by Gasteiger charge is 2.18. The van der Waals surface area contributed by atoms with Gasteiger partial charge in [0.15, 0.2) is 5.75 Å². The minimum atomic E-state index is -2.88. The number of alkyl halides is 2. The summed E-state index contributed by atoms with van der Waals surface area (Å²) in [6.45, 7) is -0.597. The molecule has 72 valence electrons. The molecule has 1 aromatic heterocycles. The maximum atomic E-state index is 12.1. The number of nitrogens with zero attached hydrogens (tertiary/aromatic N) is 1. The summed E-state index contributed by atoms with van der Waals surface area (Å²) in [5, 5.41) is 17.9. The molecule has 0 radical (unpaired) electrons. The SMILES string of the molecule is Nc1cnc(C(F)F)c(O)c1CO. The van der Waals surface area contributed by atoms with E-state index in [9.17, 15) is 8.78 Å². The van der Waals surface area contributed by atoms with E-state index in [0.717, 1.165) is 6.20 Å². The standard InChI is InChI=1S/C7H8F2N2O2/c8-7(9)5-6(13)3(2-12)4(10)1-11-5/h1,7,12-13H,2,10H2. The third-order valence-corrected chi connectivity index (χ3v) is 1.58. The third-order valence-electron chi connectivity index (χ3n) is 1.58. The van der Waals surface area contributed by atoms with Gasteiger partial charge in [-0.1, -0.05) is 0 Å². The molecule has 0 aliphatic carbocycles. The molecule has 0 aliphatic heterocycles. The second kappa shape index (κ2) is 3.53. The zero-order chi connectivity index (χ0) is 10.0. The van der Waals surface area contributed by atoms with Crippen molar-refractivity contribution in [2.24, 2.45) is 0 Å². The number of aliphatic hydroxyl groups is 1. The molecule has 0 aliphatic rings. The van der Waals surface area contributed by atoms with Gasteiger partial charge in [-0.3, -0.25) is 0 Å². The van der Waals surface area contributed by atoms with Gasteiger partial charge in [0.1, 0.15) is 5.69 Å². The fourth-order valence-electron chi connectivity index (χ4n) is 0.895. The van der Waals surface area contributed by atoms with E-state index in [2.05, 4.69) is 4.98 Å². The van der Waals surface area contributed by atoms with E-state index in [1.807, 2.05) is 0 Å². The topological polar surface area (TPSA) is 79.4 Å². The second-order valence-corrected chi connectivity index (χ2v) is 2.38. The van der Waals surface area contributed by atoms with Crippen molar-refractivity contribution >= 4 is 5.69 Å². The molecular weight excluding hydrogens is 182 g/mol. The summed E-state index contributed by atoms with van der Waals surface area (Å²) in [7, 11) is 0. The number of anilines is 1. The Kier molecular flexibility index (Phi) is 2.62. The van der Waals surface area contributed by atoms with Gasteiger partial charge in [0.2, 0.25) is 0 Å². The predicted molar refractivity (Wildman–Crippen MR) is 41.2 cm³/mol. The summed E-state index contributed by atoms with van der Waals surface area (Å²) in [5.74, 6) is -0.738. The molecule has 4 N–H and O–H groups in total. The van der Waals surface area contributed by atoms with Crippen LogP contribution in [0.2, 0.25) is 0 Å². The Labute approximate surface area is 72.6 Å². The maximum Gasteiger partial charge on any atom is 0.284 e. The van der Waals surface area contributed by atoms with E-state index < -0.39 is 24.5 Å². The molecule has 0 saturated carbocycles. The van der Waals surface area contributed by atoms with Crippen LogP contribution in [0.5, 0.6) is 5.75 Å². The lowest BCUT2D eigenvalue weighted by Gasteiger charge is -2.08. The van der Waals surface area contributed by atoms with Crippen LogP contribution in [0.1, 0.15) is 17.7 Å². The number of hydrogen-bond acceptors (Lipinski definition) is 4. The number of rotatable bonds is 2. The first-order valence-corrected chi connectivity index (χ1v) is 3.43. The Balaban J connectivity index is 3.27. The van der Waals surface area contributed by atoms with Crippen LogP contribution in [-0.4, -0.2) is 15.2 Å². The van der Waals surface area contributed by atoms with Crippen molar-refractivity contribution in [3.05, 3.63) is 17.5 Å². The quantitative estimate of drug-likeness (QED) is 0.644. The number of aromatic nitrogens is 1. The van der Waals surface area contributed by atoms with Gasteiger partial charge in [-0.25, -0.2) is 13.8 Å². The van der Waals surface area contributed by atoms with Crippen LogP contribution in [0.3, 0.4) is 0 Å². The number of aliphatic hydroxyl groups excluding tert-OH is 1. The molecular formula is C7H8F2N2O2. The van der Waals surface area contributed by atoms with Gasteiger partial charge in [0, 0.05) is 5.56 Å². The summed E-state index contributed by atoms with van der Waals surface area (Å²) in [6.07, 6.45) is -1.90. The Morgan fingerprint density at radius 2 is 2.15 bits per heavy atom. The van der Waals surface area contributed by atoms with E-state index in [1.54, 1.807) is 0 Å². The van der Waals surface area contributed by atoms with Crippen LogP contribution >= 0.6 is 0 Å². The number of pyridine rings is 1. The lowest BCUT2D eigenvalue weighted by Crippen LogP contribution is -2.00. The van der Waals surface area contributed by atoms with Gasteiger partial charge in [-0.05, 0) is 0 Å². The van der Waals surface area contributed by atoms with E-state index in [4.69, 9.17) is 15.9 Å². The van der Waals surface area contributed by atoms with Crippen LogP contribution in [-0.2, 0) is 6.61 Å². The summed E-state index contributed by atoms with van der Waals surface area (Å²) < 4.78 is 24.3. The summed E-state index contributed by atoms with van der Waals surface area (Å²) in [5.41, 5.74) is 4.38. The van der Waals surface area contributed by atoms with Gasteiger partial charge < -0.3 is 15.9 Å². The molecule has 1 heterocycles. The first kappa shape index (κ1) is 9.66. The van der Waals surface area contributed by atoms with Gasteiger partial charge in [0.05, 0.1) is 18.5 Å². The molecule has 0 fully saturated rings. The Bertz CT molecular complexity index is 318. The van der Waals surface area contributed by atoms with Crippen LogP contribution in [0.25, 0.3) is 0 Å². The molecule has 0 unspecified atom stereocenters. The zero-order valence-electron chi connectivity index (χ0n) is 6.54. The average Bonchev–Trinajstić information content (AvgIpc) is 2.04. The summed E-state index contributed by atoms with van der Waals surface area (Å²) in [4.78, 5) is 3.25. The van der Waals surface area contributed by atoms with Crippen LogP contribution < -0.4 is 5.73 Å². The number of halogens is 2. The van der Waals surface area contributed by atoms with E-state index in [-0.39, 0.29) is 11.3 Å². The number of hydrogen-bond donors (Lipinski definition) is 3. The van der Waals surface area contributed by atoms with Crippen molar-refractivity contribution in [2.75, 3.05) is 5.73 Å². The highest BCUT2D eigenvalue weighted by molar-refractivity contribution is 5.53. The Morgan fingerprint density at radius 1 is 1.54 bits per heavy atom. The average molecular weight is 190 g/mol. The Morgan fingerprint density at radius 3 is 2.62 bits per heavy atom. The van der Waals surface area contributed by atoms with Crippen LogP contribution in [0.15, 0.2) is 6.20 Å². The minimum Gasteiger partial charge on any atom is -0.505 e. The highest BCUT2D eigenvalue weighted by atomic mass is 19.3. The fraction of sp³-hybridized carbons (Fsp3) is 0.286. The molecule has 13 heavy (non-hydrogen) atoms. The van der Waals surface area contributed by atoms with Crippen molar-refractivity contribution < 1.29 is 19.0 Å². The van der Waals surface area contributed by atoms with Crippen molar-refractivity contribution in [3.63, 3.8) is 0 Å². The predicted octanol–water partition coefficient (Wildman–Crippen LogP) is 0.799. The zero-order valence-corrected chi connectivity index (χ0v) is 6.54. The molecule has 1 aromatic rings. The fourth-order valence-corrected chi connectivity index (χ4v) is 0.895. The van der Waals surface area contributed by atoms with Crippen LogP contribution in [0.4, 0.5) is 14.5 Å². The van der Waals surface area contributed by atoms with Crippen molar-refractivity contribution in [1.82, 2.24) is 4.98 Å². The monoisotopic (exact) mass is 190 g/mol. The molecule has 4 nitrogen and oxygen atoms in total. The second-order valence-electron chi connectivity index (χ2n) is 2.38. The molecule has 0 saturated heterocycles. The molecule has 0 aromatic carbocycles. The summed E-state index contributed by atoms with van der Waals surface area (Å²) >= 11 is 0. The first-order chi connectivity index (χ1) is 6.07. The van der Waals surface area contributed by atoms with Gasteiger partial charge in [-0.15, -0.1) is 0 Å². The van der Waals surface area contributed by atoms with E-state index in [0.29, 0.717) is 0 Å². The lowest BCUT2D eigenvalue weighted by atomic mass is 10.2. The van der Waals surface area contributed by atoms with Crippen molar-refractivity contribution in [2.45, 2.75) is 13.0 Å². The number of nitrogens with two attached hydrogens (primary N) is 1. The summed E-state index contributed by atoms with van der Waals surface area (Å²) in [6, 6.07) is 0. The van der Waals surface area contributed by atoms with E-state index >= 15 is 0 Å². The molecule has 0 bridgehead atoms. The maximum absolute atomic E-state index is 12.1. The number of aromatic hydroxyl groups is 1. The van der Waals surface area contributed by atoms with Gasteiger partial charge in [-0.2, -0.15) is 0 Å². The molecule has 1 rings (SSSR count). The van der Waals surface area contributed by atoms with Gasteiger partial charge in [0.25, 0.3) is 6.43 Å². The largest absolute Gasteiger partial charge is 0.505 e.